The lowest BCUT2D eigenvalue weighted by atomic mass is 9.99. The Kier molecular flexibility index (Phi) is 7.11. The zero-order valence-corrected chi connectivity index (χ0v) is 20.1. The Balaban J connectivity index is 1.73. The fourth-order valence-corrected chi connectivity index (χ4v) is 4.03. The lowest BCUT2D eigenvalue weighted by Gasteiger charge is -2.14. The number of hydrogen-bond acceptors (Lipinski definition) is 4. The smallest absolute Gasteiger partial charge is 0.244 e. The normalized spacial score (nSPS) is 10.8. The van der Waals surface area contributed by atoms with Crippen LogP contribution in [-0.4, -0.2) is 23.4 Å². The molecular formula is C29H28N2O4. The van der Waals surface area contributed by atoms with Gasteiger partial charge >= 0.3 is 0 Å². The summed E-state index contributed by atoms with van der Waals surface area (Å²) in [4.78, 5) is 39.6. The van der Waals surface area contributed by atoms with E-state index >= 15 is 0 Å². The number of amides is 1. The van der Waals surface area contributed by atoms with Crippen LogP contribution in [0.15, 0.2) is 77.7 Å². The predicted molar refractivity (Wildman–Crippen MR) is 138 cm³/mol. The Bertz CT molecular complexity index is 1440. The van der Waals surface area contributed by atoms with Crippen molar-refractivity contribution in [3.8, 4) is 5.75 Å². The SMILES string of the molecule is CCc1ccc(C(=O)c2cn(CC(=O)Nc3ccc(OC)cc3)c3ccc(CC)cc3c2=O)cc1. The molecule has 6 heteroatoms. The van der Waals surface area contributed by atoms with Gasteiger partial charge in [-0.3, -0.25) is 14.4 Å². The maximum absolute atomic E-state index is 13.4. The number of aryl methyl sites for hydroxylation is 2. The summed E-state index contributed by atoms with van der Waals surface area (Å²) < 4.78 is 6.82. The standard InChI is InChI=1S/C29H28N2O4/c1-4-19-6-9-21(10-7-19)28(33)25-17-31(26-15-8-20(5-2)16-24(26)29(25)34)18-27(32)30-22-11-13-23(35-3)14-12-22/h6-17H,4-5,18H2,1-3H3,(H,30,32). The number of anilines is 1. The van der Waals surface area contributed by atoms with Crippen molar-refractivity contribution in [2.45, 2.75) is 33.2 Å². The second kappa shape index (κ2) is 10.4. The summed E-state index contributed by atoms with van der Waals surface area (Å²) in [5, 5.41) is 3.29. The molecule has 4 rings (SSSR count). The number of hydrogen-bond donors (Lipinski definition) is 1. The fourth-order valence-electron chi connectivity index (χ4n) is 4.03. The molecular weight excluding hydrogens is 440 g/mol. The molecule has 1 heterocycles. The highest BCUT2D eigenvalue weighted by atomic mass is 16.5. The molecule has 0 fully saturated rings. The minimum atomic E-state index is -0.356. The average molecular weight is 469 g/mol. The van der Waals surface area contributed by atoms with Gasteiger partial charge in [-0.1, -0.05) is 44.2 Å². The zero-order chi connectivity index (χ0) is 24.9. The van der Waals surface area contributed by atoms with Gasteiger partial charge in [0.15, 0.2) is 5.78 Å². The molecule has 0 aliphatic carbocycles. The van der Waals surface area contributed by atoms with Crippen LogP contribution >= 0.6 is 0 Å². The highest BCUT2D eigenvalue weighted by molar-refractivity contribution is 6.10. The van der Waals surface area contributed by atoms with Crippen molar-refractivity contribution in [2.24, 2.45) is 0 Å². The molecule has 0 atom stereocenters. The van der Waals surface area contributed by atoms with Crippen LogP contribution in [0.25, 0.3) is 10.9 Å². The van der Waals surface area contributed by atoms with E-state index in [0.29, 0.717) is 27.9 Å². The van der Waals surface area contributed by atoms with Gasteiger partial charge in [0, 0.05) is 22.8 Å². The maximum Gasteiger partial charge on any atom is 0.244 e. The molecule has 3 aromatic carbocycles. The van der Waals surface area contributed by atoms with E-state index in [-0.39, 0.29) is 29.2 Å². The third-order valence-electron chi connectivity index (χ3n) is 6.11. The second-order valence-electron chi connectivity index (χ2n) is 8.36. The van der Waals surface area contributed by atoms with E-state index in [1.807, 2.05) is 44.2 Å². The van der Waals surface area contributed by atoms with Crippen molar-refractivity contribution in [3.63, 3.8) is 0 Å². The molecule has 0 unspecified atom stereocenters. The van der Waals surface area contributed by atoms with Crippen molar-refractivity contribution < 1.29 is 14.3 Å². The van der Waals surface area contributed by atoms with E-state index in [2.05, 4.69) is 5.32 Å². The van der Waals surface area contributed by atoms with Crippen molar-refractivity contribution in [1.82, 2.24) is 4.57 Å². The molecule has 0 radical (unpaired) electrons. The predicted octanol–water partition coefficient (Wildman–Crippen LogP) is 5.00. The van der Waals surface area contributed by atoms with E-state index in [1.54, 1.807) is 48.1 Å². The highest BCUT2D eigenvalue weighted by Crippen LogP contribution is 2.19. The van der Waals surface area contributed by atoms with Gasteiger partial charge in [0.1, 0.15) is 12.3 Å². The van der Waals surface area contributed by atoms with Crippen LogP contribution in [0.2, 0.25) is 0 Å². The van der Waals surface area contributed by atoms with E-state index in [4.69, 9.17) is 4.74 Å². The van der Waals surface area contributed by atoms with Crippen LogP contribution in [0.4, 0.5) is 5.69 Å². The molecule has 0 spiro atoms. The van der Waals surface area contributed by atoms with Gasteiger partial charge in [0.25, 0.3) is 0 Å². The van der Waals surface area contributed by atoms with Gasteiger partial charge in [0.2, 0.25) is 11.3 Å². The van der Waals surface area contributed by atoms with Crippen molar-refractivity contribution in [3.05, 3.63) is 105 Å². The number of fused-ring (bicyclic) bond motifs is 1. The summed E-state index contributed by atoms with van der Waals surface area (Å²) in [6, 6.07) is 19.9. The third-order valence-corrected chi connectivity index (χ3v) is 6.11. The first-order valence-corrected chi connectivity index (χ1v) is 11.7. The number of ether oxygens (including phenoxy) is 1. The number of nitrogens with one attached hydrogen (secondary N) is 1. The molecule has 0 saturated carbocycles. The molecule has 6 nitrogen and oxygen atoms in total. The highest BCUT2D eigenvalue weighted by Gasteiger charge is 2.18. The van der Waals surface area contributed by atoms with Gasteiger partial charge in [-0.05, 0) is 60.4 Å². The number of carbonyl (C=O) groups excluding carboxylic acids is 2. The molecule has 1 amide bonds. The van der Waals surface area contributed by atoms with Gasteiger partial charge in [-0.25, -0.2) is 0 Å². The number of rotatable bonds is 8. The van der Waals surface area contributed by atoms with E-state index < -0.39 is 0 Å². The largest absolute Gasteiger partial charge is 0.497 e. The molecule has 4 aromatic rings. The van der Waals surface area contributed by atoms with Crippen LogP contribution in [0.1, 0.15) is 40.9 Å². The number of nitrogens with zero attached hydrogens (tertiary/aromatic N) is 1. The number of pyridine rings is 1. The molecule has 0 saturated heterocycles. The van der Waals surface area contributed by atoms with E-state index in [9.17, 15) is 14.4 Å². The minimum absolute atomic E-state index is 0.0484. The molecule has 0 bridgehead atoms. The number of methoxy groups -OCH3 is 1. The van der Waals surface area contributed by atoms with Crippen LogP contribution < -0.4 is 15.5 Å². The lowest BCUT2D eigenvalue weighted by molar-refractivity contribution is -0.116. The summed E-state index contributed by atoms with van der Waals surface area (Å²) in [7, 11) is 1.58. The summed E-state index contributed by atoms with van der Waals surface area (Å²) in [5.41, 5.74) is 3.50. The lowest BCUT2D eigenvalue weighted by Crippen LogP contribution is -2.24. The van der Waals surface area contributed by atoms with E-state index in [1.165, 1.54) is 6.20 Å². The molecule has 0 aliphatic rings. The number of benzene rings is 3. The first kappa shape index (κ1) is 24.0. The van der Waals surface area contributed by atoms with Gasteiger partial charge < -0.3 is 14.6 Å². The molecule has 1 N–H and O–H groups in total. The Morgan fingerprint density at radius 3 is 2.17 bits per heavy atom. The fraction of sp³-hybridized carbons (Fsp3) is 0.207. The van der Waals surface area contributed by atoms with Crippen molar-refractivity contribution in [1.29, 1.82) is 0 Å². The number of carbonyl (C=O) groups is 2. The van der Waals surface area contributed by atoms with Crippen molar-refractivity contribution in [2.75, 3.05) is 12.4 Å². The molecule has 178 valence electrons. The molecule has 1 aromatic heterocycles. The Hall–Kier alpha value is -4.19. The van der Waals surface area contributed by atoms with Crippen LogP contribution in [0.3, 0.4) is 0 Å². The first-order chi connectivity index (χ1) is 16.9. The quantitative estimate of drug-likeness (QED) is 0.369. The Morgan fingerprint density at radius 1 is 0.886 bits per heavy atom. The topological polar surface area (TPSA) is 77.4 Å². The maximum atomic E-state index is 13.4. The number of aromatic nitrogens is 1. The van der Waals surface area contributed by atoms with Gasteiger partial charge in [-0.2, -0.15) is 0 Å². The summed E-state index contributed by atoms with van der Waals surface area (Å²) in [5.74, 6) is 0.0624. The Labute approximate surface area is 204 Å². The van der Waals surface area contributed by atoms with Gasteiger partial charge in [0.05, 0.1) is 18.2 Å². The van der Waals surface area contributed by atoms with Gasteiger partial charge in [-0.15, -0.1) is 0 Å². The third kappa shape index (κ3) is 5.17. The molecule has 35 heavy (non-hydrogen) atoms. The second-order valence-corrected chi connectivity index (χ2v) is 8.36. The first-order valence-electron chi connectivity index (χ1n) is 11.7. The summed E-state index contributed by atoms with van der Waals surface area (Å²) in [6.45, 7) is 4.00. The average Bonchev–Trinajstić information content (AvgIpc) is 2.90. The number of ketones is 1. The minimum Gasteiger partial charge on any atom is -0.497 e. The summed E-state index contributed by atoms with van der Waals surface area (Å²) >= 11 is 0. The van der Waals surface area contributed by atoms with E-state index in [0.717, 1.165) is 24.0 Å². The van der Waals surface area contributed by atoms with Crippen LogP contribution in [0, 0.1) is 0 Å². The van der Waals surface area contributed by atoms with Crippen LogP contribution in [-0.2, 0) is 24.2 Å². The molecule has 0 aliphatic heterocycles. The Morgan fingerprint density at radius 2 is 1.54 bits per heavy atom. The zero-order valence-electron chi connectivity index (χ0n) is 20.1. The van der Waals surface area contributed by atoms with Crippen molar-refractivity contribution >= 4 is 28.3 Å². The van der Waals surface area contributed by atoms with Crippen LogP contribution in [0.5, 0.6) is 5.75 Å². The monoisotopic (exact) mass is 468 g/mol. The summed E-state index contributed by atoms with van der Waals surface area (Å²) in [6.07, 6.45) is 3.12.